The van der Waals surface area contributed by atoms with E-state index in [9.17, 15) is 18.8 Å². The molecule has 42 heavy (non-hydrogen) atoms. The molecular weight excluding hydrogens is 557 g/mol. The Kier molecular flexibility index (Phi) is 7.80. The molecule has 1 N–H and O–H groups in total. The molecule has 2 fully saturated rings. The summed E-state index contributed by atoms with van der Waals surface area (Å²) in [7, 11) is 0. The fourth-order valence-corrected chi connectivity index (χ4v) is 6.69. The summed E-state index contributed by atoms with van der Waals surface area (Å²) < 4.78 is 20.5. The van der Waals surface area contributed by atoms with Crippen molar-refractivity contribution < 1.29 is 23.5 Å². The molecule has 1 aromatic heterocycles. The number of aromatic nitrogens is 1. The monoisotopic (exact) mass is 585 g/mol. The van der Waals surface area contributed by atoms with Gasteiger partial charge in [0.05, 0.1) is 28.9 Å². The number of benzene rings is 2. The number of piperidine rings is 2. The molecule has 0 aliphatic carbocycles. The average Bonchev–Trinajstić information content (AvgIpc) is 3.33. The Balaban J connectivity index is 1.02. The van der Waals surface area contributed by atoms with Crippen LogP contribution in [0.4, 0.5) is 10.1 Å². The SMILES string of the molecule is N#Cc1ccc(N2CCC(Sc3ccc(COc4cccc5c4CN([C@H]4CCC(=O)NC4=O)C5=O)cn3)CC2)c(F)c1. The summed E-state index contributed by atoms with van der Waals surface area (Å²) in [5.74, 6) is -0.771. The van der Waals surface area contributed by atoms with Crippen LogP contribution in [-0.2, 0) is 22.7 Å². The van der Waals surface area contributed by atoms with E-state index >= 15 is 0 Å². The van der Waals surface area contributed by atoms with Gasteiger partial charge in [-0.2, -0.15) is 5.26 Å². The number of nitrogens with one attached hydrogen (secondary N) is 1. The van der Waals surface area contributed by atoms with E-state index in [-0.39, 0.29) is 37.2 Å². The predicted octanol–water partition coefficient (Wildman–Crippen LogP) is 4.19. The summed E-state index contributed by atoms with van der Waals surface area (Å²) in [6, 6.07) is 15.2. The van der Waals surface area contributed by atoms with Crippen LogP contribution in [0.1, 0.15) is 52.7 Å². The van der Waals surface area contributed by atoms with Crippen LogP contribution in [0.15, 0.2) is 59.8 Å². The lowest BCUT2D eigenvalue weighted by molar-refractivity contribution is -0.136. The molecule has 11 heteroatoms. The highest BCUT2D eigenvalue weighted by atomic mass is 32.2. The third-order valence-corrected chi connectivity index (χ3v) is 9.17. The Morgan fingerprint density at radius 2 is 1.93 bits per heavy atom. The fraction of sp³-hybridized carbons (Fsp3) is 0.323. The first-order chi connectivity index (χ1) is 20.4. The van der Waals surface area contributed by atoms with E-state index in [1.165, 1.54) is 11.0 Å². The van der Waals surface area contributed by atoms with Gasteiger partial charge >= 0.3 is 0 Å². The Morgan fingerprint density at radius 3 is 2.64 bits per heavy atom. The molecule has 1 atom stereocenters. The minimum absolute atomic E-state index is 0.207. The minimum atomic E-state index is -0.672. The van der Waals surface area contributed by atoms with E-state index in [1.807, 2.05) is 29.2 Å². The zero-order valence-corrected chi connectivity index (χ0v) is 23.5. The van der Waals surface area contributed by atoms with Crippen LogP contribution in [0.3, 0.4) is 0 Å². The standard InChI is InChI=1S/C31H28FN5O4S/c32-24-14-19(15-33)4-6-25(24)36-12-10-21(11-13-36)42-29-9-5-20(16-34-29)18-41-27-3-1-2-22-23(27)17-37(31(22)40)26-7-8-28(38)35-30(26)39/h1-6,9,14,16,21,26H,7-8,10-13,17-18H2,(H,35,38,39)/t26-/m0/s1. The highest BCUT2D eigenvalue weighted by Crippen LogP contribution is 2.35. The van der Waals surface area contributed by atoms with Crippen LogP contribution in [0.5, 0.6) is 5.75 Å². The molecule has 0 spiro atoms. The molecule has 9 nitrogen and oxygen atoms in total. The number of amides is 3. The van der Waals surface area contributed by atoms with Crippen LogP contribution in [0.2, 0.25) is 0 Å². The normalized spacial score (nSPS) is 19.0. The molecule has 3 amide bonds. The first-order valence-corrected chi connectivity index (χ1v) is 14.7. The maximum atomic E-state index is 14.4. The lowest BCUT2D eigenvalue weighted by Gasteiger charge is -2.33. The van der Waals surface area contributed by atoms with Gasteiger partial charge in [0, 0.05) is 47.6 Å². The van der Waals surface area contributed by atoms with E-state index in [1.54, 1.807) is 42.2 Å². The maximum Gasteiger partial charge on any atom is 0.255 e. The number of halogens is 1. The first kappa shape index (κ1) is 27.7. The van der Waals surface area contributed by atoms with E-state index in [4.69, 9.17) is 10.00 Å². The lowest BCUT2D eigenvalue weighted by atomic mass is 10.0. The van der Waals surface area contributed by atoms with Crippen molar-refractivity contribution in [2.75, 3.05) is 18.0 Å². The van der Waals surface area contributed by atoms with Gasteiger partial charge in [0.25, 0.3) is 5.91 Å². The average molecular weight is 586 g/mol. The first-order valence-electron chi connectivity index (χ1n) is 13.8. The van der Waals surface area contributed by atoms with Gasteiger partial charge < -0.3 is 14.5 Å². The van der Waals surface area contributed by atoms with Crippen molar-refractivity contribution in [1.82, 2.24) is 15.2 Å². The van der Waals surface area contributed by atoms with Crippen LogP contribution in [0, 0.1) is 17.1 Å². The molecule has 2 saturated heterocycles. The predicted molar refractivity (Wildman–Crippen MR) is 153 cm³/mol. The number of nitriles is 1. The topological polar surface area (TPSA) is 116 Å². The summed E-state index contributed by atoms with van der Waals surface area (Å²) in [5.41, 5.74) is 2.99. The number of carbonyl (C=O) groups excluding carboxylic acids is 3. The molecule has 214 valence electrons. The molecule has 3 aromatic rings. The van der Waals surface area contributed by atoms with Gasteiger partial charge in [-0.1, -0.05) is 12.1 Å². The summed E-state index contributed by atoms with van der Waals surface area (Å²) in [4.78, 5) is 45.1. The van der Waals surface area contributed by atoms with E-state index < -0.39 is 11.9 Å². The third kappa shape index (κ3) is 5.67. The maximum absolute atomic E-state index is 14.4. The number of ether oxygens (including phenoxy) is 1. The number of pyridine rings is 1. The number of thioether (sulfide) groups is 1. The van der Waals surface area contributed by atoms with Crippen LogP contribution >= 0.6 is 11.8 Å². The van der Waals surface area contributed by atoms with Crippen molar-refractivity contribution >= 4 is 35.2 Å². The highest BCUT2D eigenvalue weighted by molar-refractivity contribution is 7.99. The smallest absolute Gasteiger partial charge is 0.255 e. The van der Waals surface area contributed by atoms with Crippen molar-refractivity contribution in [1.29, 1.82) is 5.26 Å². The molecule has 4 heterocycles. The van der Waals surface area contributed by atoms with Gasteiger partial charge in [-0.15, -0.1) is 11.8 Å². The molecule has 3 aliphatic rings. The largest absolute Gasteiger partial charge is 0.488 e. The number of anilines is 1. The zero-order valence-electron chi connectivity index (χ0n) is 22.7. The van der Waals surface area contributed by atoms with Crippen molar-refractivity contribution in [2.24, 2.45) is 0 Å². The van der Waals surface area contributed by atoms with Gasteiger partial charge in [-0.25, -0.2) is 9.37 Å². The van der Waals surface area contributed by atoms with Gasteiger partial charge in [0.1, 0.15) is 24.2 Å². The zero-order chi connectivity index (χ0) is 29.2. The fourth-order valence-electron chi connectivity index (χ4n) is 5.64. The minimum Gasteiger partial charge on any atom is -0.488 e. The second kappa shape index (κ2) is 11.8. The van der Waals surface area contributed by atoms with Crippen molar-refractivity contribution in [2.45, 2.75) is 55.2 Å². The number of hydrogen-bond donors (Lipinski definition) is 1. The molecule has 0 bridgehead atoms. The molecular formula is C31H28FN5O4S. The molecule has 3 aliphatic heterocycles. The van der Waals surface area contributed by atoms with Crippen molar-refractivity contribution in [3.63, 3.8) is 0 Å². The van der Waals surface area contributed by atoms with Crippen molar-refractivity contribution in [3.05, 3.63) is 82.8 Å². The second-order valence-corrected chi connectivity index (χ2v) is 11.9. The van der Waals surface area contributed by atoms with Gasteiger partial charge in [0.15, 0.2) is 0 Å². The lowest BCUT2D eigenvalue weighted by Crippen LogP contribution is -2.52. The van der Waals surface area contributed by atoms with Gasteiger partial charge in [-0.3, -0.25) is 19.7 Å². The van der Waals surface area contributed by atoms with Crippen molar-refractivity contribution in [3.8, 4) is 11.8 Å². The third-order valence-electron chi connectivity index (χ3n) is 7.88. The number of nitrogens with zero attached hydrogens (tertiary/aromatic N) is 4. The molecule has 2 aromatic carbocycles. The number of carbonyl (C=O) groups is 3. The van der Waals surface area contributed by atoms with Gasteiger partial charge in [-0.05, 0) is 55.7 Å². The quantitative estimate of drug-likeness (QED) is 0.411. The Labute approximate surface area is 246 Å². The Hall–Kier alpha value is -4.43. The molecule has 0 saturated carbocycles. The molecule has 6 rings (SSSR count). The molecule has 0 radical (unpaired) electrons. The van der Waals surface area contributed by atoms with E-state index in [0.717, 1.165) is 42.1 Å². The van der Waals surface area contributed by atoms with E-state index in [0.29, 0.717) is 34.2 Å². The summed E-state index contributed by atoms with van der Waals surface area (Å²) in [5, 5.41) is 12.6. The number of fused-ring (bicyclic) bond motifs is 1. The van der Waals surface area contributed by atoms with Gasteiger partial charge in [0.2, 0.25) is 11.8 Å². The summed E-state index contributed by atoms with van der Waals surface area (Å²) >= 11 is 1.71. The van der Waals surface area contributed by atoms with Crippen LogP contribution < -0.4 is 15.0 Å². The molecule has 0 unspecified atom stereocenters. The van der Waals surface area contributed by atoms with E-state index in [2.05, 4.69) is 10.3 Å². The van der Waals surface area contributed by atoms with Crippen LogP contribution in [-0.4, -0.2) is 52.0 Å². The number of hydrogen-bond acceptors (Lipinski definition) is 8. The second-order valence-electron chi connectivity index (χ2n) is 10.6. The summed E-state index contributed by atoms with van der Waals surface area (Å²) in [6.07, 6.45) is 4.09. The Morgan fingerprint density at radius 1 is 1.10 bits per heavy atom. The number of rotatable bonds is 7. The Bertz CT molecular complexity index is 1580. The summed E-state index contributed by atoms with van der Waals surface area (Å²) in [6.45, 7) is 1.99. The number of imide groups is 1. The highest BCUT2D eigenvalue weighted by Gasteiger charge is 2.40. The van der Waals surface area contributed by atoms with Crippen LogP contribution in [0.25, 0.3) is 0 Å².